The fourth-order valence-electron chi connectivity index (χ4n) is 1.63. The zero-order valence-electron chi connectivity index (χ0n) is 9.32. The molecule has 3 nitrogen and oxygen atoms in total. The van der Waals surface area contributed by atoms with Gasteiger partial charge < -0.3 is 5.73 Å². The van der Waals surface area contributed by atoms with E-state index in [-0.39, 0.29) is 6.42 Å². The van der Waals surface area contributed by atoms with Crippen LogP contribution in [0.15, 0.2) is 30.5 Å². The normalized spacial score (nSPS) is 10.1. The molecule has 1 heterocycles. The van der Waals surface area contributed by atoms with Crippen LogP contribution in [0, 0.1) is 11.3 Å². The summed E-state index contributed by atoms with van der Waals surface area (Å²) in [6.45, 7) is 0. The quantitative estimate of drug-likeness (QED) is 0.910. The molecule has 0 saturated carbocycles. The maximum atomic E-state index is 8.72. The van der Waals surface area contributed by atoms with Crippen LogP contribution in [0.25, 0.3) is 11.1 Å². The minimum Gasteiger partial charge on any atom is -0.383 e. The number of hydrogen-bond donors (Lipinski definition) is 1. The summed E-state index contributed by atoms with van der Waals surface area (Å²) in [5.74, 6) is 0.369. The summed E-state index contributed by atoms with van der Waals surface area (Å²) in [5, 5.41) is 9.82. The maximum absolute atomic E-state index is 8.72. The molecule has 0 aliphatic carbocycles. The Morgan fingerprint density at radius 3 is 2.39 bits per heavy atom. The molecule has 2 aromatic rings. The van der Waals surface area contributed by atoms with Gasteiger partial charge in [-0.2, -0.15) is 5.26 Å². The van der Waals surface area contributed by atoms with Gasteiger partial charge in [-0.1, -0.05) is 23.2 Å². The molecule has 18 heavy (non-hydrogen) atoms. The maximum Gasteiger partial charge on any atom is 0.127 e. The van der Waals surface area contributed by atoms with Crippen molar-refractivity contribution in [3.8, 4) is 17.2 Å². The summed E-state index contributed by atoms with van der Waals surface area (Å²) in [5.41, 5.74) is 8.08. The highest BCUT2D eigenvalue weighted by Gasteiger charge is 2.06. The first kappa shape index (κ1) is 12.7. The highest BCUT2D eigenvalue weighted by atomic mass is 35.5. The Morgan fingerprint density at radius 2 is 1.78 bits per heavy atom. The Morgan fingerprint density at radius 1 is 1.11 bits per heavy atom. The smallest absolute Gasteiger partial charge is 0.127 e. The number of nitrogens with zero attached hydrogens (tertiary/aromatic N) is 2. The van der Waals surface area contributed by atoms with Gasteiger partial charge in [-0.25, -0.2) is 4.98 Å². The molecular weight excluding hydrogens is 269 g/mol. The highest BCUT2D eigenvalue weighted by molar-refractivity contribution is 6.35. The first-order valence-corrected chi connectivity index (χ1v) is 5.93. The predicted molar refractivity (Wildman–Crippen MR) is 73.4 cm³/mol. The minimum absolute atomic E-state index is 0.223. The molecule has 90 valence electrons. The van der Waals surface area contributed by atoms with Crippen molar-refractivity contribution in [2.24, 2.45) is 0 Å². The van der Waals surface area contributed by atoms with Crippen LogP contribution in [-0.2, 0) is 6.42 Å². The summed E-state index contributed by atoms with van der Waals surface area (Å²) >= 11 is 11.9. The third-order valence-electron chi connectivity index (χ3n) is 2.47. The van der Waals surface area contributed by atoms with Crippen LogP contribution >= 0.6 is 23.2 Å². The molecule has 0 spiro atoms. The Labute approximate surface area is 115 Å². The highest BCUT2D eigenvalue weighted by Crippen LogP contribution is 2.28. The van der Waals surface area contributed by atoms with Crippen molar-refractivity contribution in [2.75, 3.05) is 5.73 Å². The van der Waals surface area contributed by atoms with E-state index in [1.165, 1.54) is 0 Å². The molecule has 0 aliphatic rings. The molecule has 0 bridgehead atoms. The second kappa shape index (κ2) is 5.26. The van der Waals surface area contributed by atoms with Crippen LogP contribution in [0.5, 0.6) is 0 Å². The van der Waals surface area contributed by atoms with Crippen molar-refractivity contribution in [3.05, 3.63) is 46.1 Å². The molecule has 0 saturated heterocycles. The number of pyridine rings is 1. The van der Waals surface area contributed by atoms with Gasteiger partial charge in [-0.05, 0) is 29.8 Å². The van der Waals surface area contributed by atoms with E-state index in [0.717, 1.165) is 11.1 Å². The van der Waals surface area contributed by atoms with Gasteiger partial charge in [-0.3, -0.25) is 0 Å². The van der Waals surface area contributed by atoms with Crippen molar-refractivity contribution < 1.29 is 0 Å². The SMILES string of the molecule is N#CCc1cc(-c2cc(Cl)cc(Cl)c2)cnc1N. The molecule has 0 radical (unpaired) electrons. The number of rotatable bonds is 2. The average Bonchev–Trinajstić information content (AvgIpc) is 2.31. The van der Waals surface area contributed by atoms with Gasteiger partial charge in [0.15, 0.2) is 0 Å². The number of nitriles is 1. The summed E-state index contributed by atoms with van der Waals surface area (Å²) in [7, 11) is 0. The summed E-state index contributed by atoms with van der Waals surface area (Å²) < 4.78 is 0. The number of nitrogen functional groups attached to an aromatic ring is 1. The third-order valence-corrected chi connectivity index (χ3v) is 2.90. The minimum atomic E-state index is 0.223. The van der Waals surface area contributed by atoms with E-state index in [1.807, 2.05) is 6.07 Å². The van der Waals surface area contributed by atoms with Gasteiger partial charge in [0.1, 0.15) is 5.82 Å². The Bertz CT molecular complexity index is 612. The second-order valence-electron chi connectivity index (χ2n) is 3.76. The number of benzene rings is 1. The number of anilines is 1. The van der Waals surface area contributed by atoms with Gasteiger partial charge in [0.2, 0.25) is 0 Å². The van der Waals surface area contributed by atoms with E-state index >= 15 is 0 Å². The molecular formula is C13H9Cl2N3. The number of nitrogens with two attached hydrogens (primary N) is 1. The lowest BCUT2D eigenvalue weighted by Gasteiger charge is -2.06. The van der Waals surface area contributed by atoms with Gasteiger partial charge >= 0.3 is 0 Å². The Balaban J connectivity index is 2.51. The van der Waals surface area contributed by atoms with Crippen LogP contribution in [0.4, 0.5) is 5.82 Å². The lowest BCUT2D eigenvalue weighted by Crippen LogP contribution is -1.97. The third kappa shape index (κ3) is 2.73. The first-order chi connectivity index (χ1) is 8.60. The van der Waals surface area contributed by atoms with Crippen molar-refractivity contribution in [3.63, 3.8) is 0 Å². The van der Waals surface area contributed by atoms with Crippen LogP contribution in [-0.4, -0.2) is 4.98 Å². The molecule has 2 rings (SSSR count). The van der Waals surface area contributed by atoms with E-state index in [1.54, 1.807) is 24.4 Å². The topological polar surface area (TPSA) is 62.7 Å². The number of aromatic nitrogens is 1. The first-order valence-electron chi connectivity index (χ1n) is 5.18. The predicted octanol–water partition coefficient (Wildman–Crippen LogP) is 3.70. The molecule has 1 aromatic carbocycles. The molecule has 0 unspecified atom stereocenters. The van der Waals surface area contributed by atoms with Crippen LogP contribution < -0.4 is 5.73 Å². The fraction of sp³-hybridized carbons (Fsp3) is 0.0769. The van der Waals surface area contributed by atoms with Crippen LogP contribution in [0.3, 0.4) is 0 Å². The summed E-state index contributed by atoms with van der Waals surface area (Å²) in [6, 6.07) is 9.12. The van der Waals surface area contributed by atoms with E-state index in [4.69, 9.17) is 34.2 Å². The molecule has 5 heteroatoms. The summed E-state index contributed by atoms with van der Waals surface area (Å²) in [4.78, 5) is 4.07. The zero-order chi connectivity index (χ0) is 13.1. The van der Waals surface area contributed by atoms with E-state index in [2.05, 4.69) is 11.1 Å². The largest absolute Gasteiger partial charge is 0.383 e. The zero-order valence-corrected chi connectivity index (χ0v) is 10.8. The summed E-state index contributed by atoms with van der Waals surface area (Å²) in [6.07, 6.45) is 1.86. The lowest BCUT2D eigenvalue weighted by atomic mass is 10.0. The number of halogens is 2. The van der Waals surface area contributed by atoms with Crippen molar-refractivity contribution in [1.29, 1.82) is 5.26 Å². The molecule has 0 aliphatic heterocycles. The Hall–Kier alpha value is -1.76. The Kier molecular flexibility index (Phi) is 3.71. The standard InChI is InChI=1S/C13H9Cl2N3/c14-11-4-9(5-12(15)6-11)10-3-8(1-2-16)13(17)18-7-10/h3-7H,1H2,(H2,17,18). The monoisotopic (exact) mass is 277 g/mol. The van der Waals surface area contributed by atoms with Crippen molar-refractivity contribution in [2.45, 2.75) is 6.42 Å². The number of hydrogen-bond acceptors (Lipinski definition) is 3. The van der Waals surface area contributed by atoms with E-state index in [0.29, 0.717) is 21.4 Å². The van der Waals surface area contributed by atoms with Gasteiger partial charge in [0, 0.05) is 27.4 Å². The van der Waals surface area contributed by atoms with Crippen molar-refractivity contribution in [1.82, 2.24) is 4.98 Å². The van der Waals surface area contributed by atoms with Crippen LogP contribution in [0.1, 0.15) is 5.56 Å². The second-order valence-corrected chi connectivity index (χ2v) is 4.63. The fourth-order valence-corrected chi connectivity index (χ4v) is 2.15. The van der Waals surface area contributed by atoms with Gasteiger partial charge in [0.25, 0.3) is 0 Å². The van der Waals surface area contributed by atoms with Gasteiger partial charge in [0.05, 0.1) is 12.5 Å². The average molecular weight is 278 g/mol. The van der Waals surface area contributed by atoms with Crippen molar-refractivity contribution >= 4 is 29.0 Å². The van der Waals surface area contributed by atoms with Gasteiger partial charge in [-0.15, -0.1) is 0 Å². The molecule has 0 fully saturated rings. The molecule has 2 N–H and O–H groups in total. The molecule has 0 amide bonds. The van der Waals surface area contributed by atoms with Crippen LogP contribution in [0.2, 0.25) is 10.0 Å². The van der Waals surface area contributed by atoms with E-state index in [9.17, 15) is 0 Å². The van der Waals surface area contributed by atoms with E-state index < -0.39 is 0 Å². The molecule has 1 aromatic heterocycles. The lowest BCUT2D eigenvalue weighted by molar-refractivity contribution is 1.20. The molecule has 0 atom stereocenters.